The lowest BCUT2D eigenvalue weighted by molar-refractivity contribution is -0.143. The van der Waals surface area contributed by atoms with E-state index in [0.717, 1.165) is 51.4 Å². The van der Waals surface area contributed by atoms with Crippen LogP contribution >= 0.6 is 0 Å². The summed E-state index contributed by atoms with van der Waals surface area (Å²) in [6.45, 7) is 4.97. The van der Waals surface area contributed by atoms with Crippen molar-refractivity contribution >= 4 is 11.9 Å². The maximum atomic E-state index is 12.5. The molecule has 0 bridgehead atoms. The molecule has 0 fully saturated rings. The van der Waals surface area contributed by atoms with Crippen LogP contribution in [-0.2, 0) is 14.3 Å². The highest BCUT2D eigenvalue weighted by Crippen LogP contribution is 2.18. The Labute approximate surface area is 487 Å². The van der Waals surface area contributed by atoms with E-state index in [1.54, 1.807) is 0 Å². The van der Waals surface area contributed by atoms with Gasteiger partial charge in [0.25, 0.3) is 0 Å². The number of esters is 1. The number of unbranched alkanes of at least 4 members (excludes halogenated alkanes) is 49. The number of hydrogen-bond donors (Lipinski definition) is 3. The average Bonchev–Trinajstić information content (AvgIpc) is 3.44. The summed E-state index contributed by atoms with van der Waals surface area (Å²) in [6, 6.07) is -0.545. The maximum Gasteiger partial charge on any atom is 0.305 e. The molecule has 0 saturated carbocycles. The molecule has 0 aliphatic rings. The summed E-state index contributed by atoms with van der Waals surface area (Å²) in [5, 5.41) is 23.4. The van der Waals surface area contributed by atoms with Crippen LogP contribution in [0.5, 0.6) is 0 Å². The number of aliphatic hydroxyl groups is 2. The monoisotopic (exact) mass is 1100 g/mol. The lowest BCUT2D eigenvalue weighted by Gasteiger charge is -2.22. The number of amides is 1. The molecular formula is C72H137NO5. The number of aliphatic hydroxyl groups excluding tert-OH is 2. The minimum atomic E-state index is -0.668. The second-order valence-corrected chi connectivity index (χ2v) is 24.2. The number of rotatable bonds is 66. The Morgan fingerprint density at radius 1 is 0.359 bits per heavy atom. The Hall–Kier alpha value is -1.92. The van der Waals surface area contributed by atoms with Crippen LogP contribution in [0.3, 0.4) is 0 Å². The van der Waals surface area contributed by atoms with Crippen LogP contribution in [0, 0.1) is 0 Å². The Bertz CT molecular complexity index is 1260. The first-order valence-corrected chi connectivity index (χ1v) is 35.2. The number of allylic oxidation sites excluding steroid dienone is 6. The molecule has 1 amide bonds. The number of carbonyl (C=O) groups is 2. The SMILES string of the molecule is CCCCCCC/C=C\CCCCCCCC(=O)OCCCCCCCCCCC/C=C\C/C=C\CCCCCCCCCCCCCC(=O)NC(CO)C(O)CCCCCCCCCCCCCCCCCCCCCC. The Balaban J connectivity index is 3.42. The normalized spacial score (nSPS) is 12.7. The van der Waals surface area contributed by atoms with E-state index in [0.29, 0.717) is 25.9 Å². The van der Waals surface area contributed by atoms with E-state index in [2.05, 4.69) is 55.6 Å². The lowest BCUT2D eigenvalue weighted by Crippen LogP contribution is -2.45. The lowest BCUT2D eigenvalue weighted by atomic mass is 10.0. The van der Waals surface area contributed by atoms with Gasteiger partial charge in [0.05, 0.1) is 25.4 Å². The summed E-state index contributed by atoms with van der Waals surface area (Å²) in [6.07, 6.45) is 86.1. The minimum Gasteiger partial charge on any atom is -0.466 e. The zero-order valence-electron chi connectivity index (χ0n) is 52.7. The van der Waals surface area contributed by atoms with E-state index >= 15 is 0 Å². The standard InChI is InChI=1S/C72H137NO5/c1-3-5-7-9-11-13-15-17-19-20-21-31-34-37-40-44-48-52-56-60-64-70(75)69(68-74)73-71(76)65-61-57-53-49-45-41-38-35-32-29-27-25-23-22-24-26-28-30-33-36-39-43-47-51-55-59-63-67-78-72(77)66-62-58-54-50-46-42-18-16-14-12-10-8-6-4-2/h16,18,22-23,26,28,69-70,74-75H,3-15,17,19-21,24-25,27,29-68H2,1-2H3,(H,73,76)/b18-16-,23-22-,28-26-. The predicted molar refractivity (Wildman–Crippen MR) is 343 cm³/mol. The molecule has 0 rings (SSSR count). The molecule has 6 heteroatoms. The molecule has 0 heterocycles. The van der Waals surface area contributed by atoms with Crippen LogP contribution < -0.4 is 5.32 Å². The fourth-order valence-corrected chi connectivity index (χ4v) is 11.0. The van der Waals surface area contributed by atoms with E-state index < -0.39 is 12.1 Å². The van der Waals surface area contributed by atoms with Crippen molar-refractivity contribution in [3.05, 3.63) is 36.5 Å². The van der Waals surface area contributed by atoms with Gasteiger partial charge in [-0.3, -0.25) is 9.59 Å². The third kappa shape index (κ3) is 63.3. The van der Waals surface area contributed by atoms with Crippen molar-refractivity contribution in [2.45, 2.75) is 398 Å². The van der Waals surface area contributed by atoms with E-state index in [1.165, 1.54) is 302 Å². The zero-order chi connectivity index (χ0) is 56.4. The number of hydrogen-bond acceptors (Lipinski definition) is 5. The molecule has 2 atom stereocenters. The average molecular weight is 1100 g/mol. The highest BCUT2D eigenvalue weighted by Gasteiger charge is 2.20. The fourth-order valence-electron chi connectivity index (χ4n) is 11.0. The van der Waals surface area contributed by atoms with Crippen LogP contribution in [0.4, 0.5) is 0 Å². The first kappa shape index (κ1) is 76.1. The summed E-state index contributed by atoms with van der Waals surface area (Å²) < 4.78 is 5.48. The number of ether oxygens (including phenoxy) is 1. The second kappa shape index (κ2) is 67.6. The first-order chi connectivity index (χ1) is 38.5. The molecule has 2 unspecified atom stereocenters. The summed E-state index contributed by atoms with van der Waals surface area (Å²) in [4.78, 5) is 24.6. The predicted octanol–water partition coefficient (Wildman–Crippen LogP) is 22.7. The fraction of sp³-hybridized carbons (Fsp3) is 0.889. The molecule has 460 valence electrons. The van der Waals surface area contributed by atoms with E-state index in [1.807, 2.05) is 0 Å². The molecular weight excluding hydrogens is 959 g/mol. The Kier molecular flexibility index (Phi) is 65.9. The smallest absolute Gasteiger partial charge is 0.305 e. The Morgan fingerprint density at radius 2 is 0.641 bits per heavy atom. The highest BCUT2D eigenvalue weighted by atomic mass is 16.5. The van der Waals surface area contributed by atoms with Crippen LogP contribution in [0.25, 0.3) is 0 Å². The topological polar surface area (TPSA) is 95.9 Å². The molecule has 0 aliphatic carbocycles. The summed E-state index contributed by atoms with van der Waals surface area (Å²) >= 11 is 0. The van der Waals surface area contributed by atoms with E-state index in [9.17, 15) is 19.8 Å². The van der Waals surface area contributed by atoms with Crippen molar-refractivity contribution in [1.82, 2.24) is 5.32 Å². The number of carbonyl (C=O) groups excluding carboxylic acids is 2. The van der Waals surface area contributed by atoms with Gasteiger partial charge >= 0.3 is 5.97 Å². The van der Waals surface area contributed by atoms with Gasteiger partial charge in [-0.1, -0.05) is 326 Å². The van der Waals surface area contributed by atoms with Gasteiger partial charge in [-0.05, 0) is 83.5 Å². The van der Waals surface area contributed by atoms with Gasteiger partial charge < -0.3 is 20.3 Å². The quantitative estimate of drug-likeness (QED) is 0.0320. The van der Waals surface area contributed by atoms with Gasteiger partial charge in [0.2, 0.25) is 5.91 Å². The van der Waals surface area contributed by atoms with Gasteiger partial charge in [0.15, 0.2) is 0 Å². The molecule has 6 nitrogen and oxygen atoms in total. The molecule has 0 aromatic heterocycles. The van der Waals surface area contributed by atoms with Crippen LogP contribution in [-0.4, -0.2) is 47.4 Å². The van der Waals surface area contributed by atoms with Crippen LogP contribution in [0.1, 0.15) is 386 Å². The van der Waals surface area contributed by atoms with Gasteiger partial charge in [0.1, 0.15) is 0 Å². The van der Waals surface area contributed by atoms with Gasteiger partial charge in [-0.15, -0.1) is 0 Å². The van der Waals surface area contributed by atoms with Gasteiger partial charge in [-0.25, -0.2) is 0 Å². The third-order valence-corrected chi connectivity index (χ3v) is 16.4. The molecule has 78 heavy (non-hydrogen) atoms. The Morgan fingerprint density at radius 3 is 0.987 bits per heavy atom. The van der Waals surface area contributed by atoms with Crippen molar-refractivity contribution in [1.29, 1.82) is 0 Å². The van der Waals surface area contributed by atoms with Gasteiger partial charge in [0, 0.05) is 12.8 Å². The van der Waals surface area contributed by atoms with Crippen molar-refractivity contribution in [3.8, 4) is 0 Å². The summed E-state index contributed by atoms with van der Waals surface area (Å²) in [5.41, 5.74) is 0. The molecule has 3 N–H and O–H groups in total. The largest absolute Gasteiger partial charge is 0.466 e. The van der Waals surface area contributed by atoms with Gasteiger partial charge in [-0.2, -0.15) is 0 Å². The van der Waals surface area contributed by atoms with Crippen molar-refractivity contribution < 1.29 is 24.5 Å². The van der Waals surface area contributed by atoms with Crippen molar-refractivity contribution in [2.24, 2.45) is 0 Å². The number of nitrogens with one attached hydrogen (secondary N) is 1. The van der Waals surface area contributed by atoms with Crippen LogP contribution in [0.15, 0.2) is 36.5 Å². The minimum absolute atomic E-state index is 0.00254. The zero-order valence-corrected chi connectivity index (χ0v) is 52.7. The van der Waals surface area contributed by atoms with Crippen LogP contribution in [0.2, 0.25) is 0 Å². The highest BCUT2D eigenvalue weighted by molar-refractivity contribution is 5.76. The second-order valence-electron chi connectivity index (χ2n) is 24.2. The third-order valence-electron chi connectivity index (χ3n) is 16.4. The van der Waals surface area contributed by atoms with E-state index in [-0.39, 0.29) is 18.5 Å². The van der Waals surface area contributed by atoms with E-state index in [4.69, 9.17) is 4.74 Å². The summed E-state index contributed by atoms with van der Waals surface area (Å²) in [7, 11) is 0. The maximum absolute atomic E-state index is 12.5. The molecule has 0 aliphatic heterocycles. The molecule has 0 aromatic rings. The first-order valence-electron chi connectivity index (χ1n) is 35.2. The van der Waals surface area contributed by atoms with Crippen molar-refractivity contribution in [3.63, 3.8) is 0 Å². The molecule has 0 spiro atoms. The molecule has 0 saturated heterocycles. The summed E-state index contributed by atoms with van der Waals surface area (Å²) in [5.74, 6) is -0.0320. The molecule has 0 aromatic carbocycles. The molecule has 0 radical (unpaired) electrons. The van der Waals surface area contributed by atoms with Crippen molar-refractivity contribution in [2.75, 3.05) is 13.2 Å².